The minimum Gasteiger partial charge on any atom is -0.344 e. The van der Waals surface area contributed by atoms with Crippen molar-refractivity contribution in [3.63, 3.8) is 0 Å². The van der Waals surface area contributed by atoms with E-state index in [4.69, 9.17) is 0 Å². The minimum atomic E-state index is -2.80. The summed E-state index contributed by atoms with van der Waals surface area (Å²) in [6.07, 6.45) is -1.27. The minimum absolute atomic E-state index is 0.112. The number of carbonyl (C=O) groups excluding carboxylic acids is 1. The highest BCUT2D eigenvalue weighted by molar-refractivity contribution is 5.93. The van der Waals surface area contributed by atoms with E-state index >= 15 is 0 Å². The normalized spacial score (nSPS) is 16.0. The zero-order chi connectivity index (χ0) is 19.1. The van der Waals surface area contributed by atoms with Crippen LogP contribution in [-0.2, 0) is 13.5 Å². The van der Waals surface area contributed by atoms with Gasteiger partial charge in [-0.2, -0.15) is 18.9 Å². The summed E-state index contributed by atoms with van der Waals surface area (Å²) in [6.45, 7) is 1.83. The van der Waals surface area contributed by atoms with Gasteiger partial charge >= 0.3 is 6.43 Å². The van der Waals surface area contributed by atoms with E-state index in [0.29, 0.717) is 11.3 Å². The van der Waals surface area contributed by atoms with Crippen LogP contribution in [-0.4, -0.2) is 25.8 Å². The van der Waals surface area contributed by atoms with E-state index < -0.39 is 12.3 Å². The molecule has 27 heavy (non-hydrogen) atoms. The number of hydrogen-bond donors (Lipinski definition) is 1. The second-order valence-electron chi connectivity index (χ2n) is 6.53. The van der Waals surface area contributed by atoms with Crippen molar-refractivity contribution in [1.82, 2.24) is 25.2 Å². The van der Waals surface area contributed by atoms with E-state index in [2.05, 4.69) is 25.1 Å². The molecule has 9 heteroatoms. The Bertz CT molecular complexity index is 1010. The van der Waals surface area contributed by atoms with E-state index in [9.17, 15) is 13.6 Å². The van der Waals surface area contributed by atoms with Gasteiger partial charge in [0.25, 0.3) is 11.8 Å². The monoisotopic (exact) mass is 373 g/mol. The Morgan fingerprint density at radius 1 is 1.37 bits per heavy atom. The van der Waals surface area contributed by atoms with Gasteiger partial charge in [0.2, 0.25) is 5.82 Å². The van der Waals surface area contributed by atoms with Crippen LogP contribution < -0.4 is 5.32 Å². The fraction of sp³-hybridized carbons (Fsp3) is 0.333. The van der Waals surface area contributed by atoms with Crippen molar-refractivity contribution >= 4 is 5.91 Å². The maximum Gasteiger partial charge on any atom is 0.315 e. The molecule has 0 radical (unpaired) electrons. The Kier molecular flexibility index (Phi) is 4.21. The molecule has 0 fully saturated rings. The van der Waals surface area contributed by atoms with Crippen LogP contribution in [0.2, 0.25) is 0 Å². The fourth-order valence-electron chi connectivity index (χ4n) is 3.40. The van der Waals surface area contributed by atoms with Gasteiger partial charge in [-0.15, -0.1) is 0 Å². The predicted molar refractivity (Wildman–Crippen MR) is 91.2 cm³/mol. The number of carbonyl (C=O) groups is 1. The zero-order valence-electron chi connectivity index (χ0n) is 14.7. The number of aromatic nitrogens is 4. The lowest BCUT2D eigenvalue weighted by molar-refractivity contribution is 0.0927. The topological polar surface area (TPSA) is 85.8 Å². The molecule has 1 aliphatic carbocycles. The van der Waals surface area contributed by atoms with Crippen LogP contribution in [0.25, 0.3) is 11.4 Å². The summed E-state index contributed by atoms with van der Waals surface area (Å²) in [4.78, 5) is 16.2. The molecule has 1 amide bonds. The molecule has 1 aliphatic rings. The first kappa shape index (κ1) is 17.3. The molecule has 140 valence electrons. The Hall–Kier alpha value is -3.10. The number of nitrogens with zero attached hydrogens (tertiary/aromatic N) is 4. The third kappa shape index (κ3) is 3.20. The lowest BCUT2D eigenvalue weighted by Crippen LogP contribution is -2.28. The van der Waals surface area contributed by atoms with Gasteiger partial charge in [-0.25, -0.2) is 0 Å². The van der Waals surface area contributed by atoms with Crippen LogP contribution in [0.5, 0.6) is 0 Å². The van der Waals surface area contributed by atoms with Crippen molar-refractivity contribution in [1.29, 1.82) is 0 Å². The molecule has 1 N–H and O–H groups in total. The average Bonchev–Trinajstić information content (AvgIpc) is 3.33. The number of alkyl halides is 2. The zero-order valence-corrected chi connectivity index (χ0v) is 14.7. The molecule has 4 rings (SSSR count). The third-order valence-corrected chi connectivity index (χ3v) is 4.65. The molecule has 2 heterocycles. The summed E-state index contributed by atoms with van der Waals surface area (Å²) in [5, 5.41) is 10.8. The van der Waals surface area contributed by atoms with Gasteiger partial charge in [-0.05, 0) is 43.0 Å². The molecule has 0 saturated heterocycles. The molecular weight excluding hydrogens is 356 g/mol. The second kappa shape index (κ2) is 6.57. The van der Waals surface area contributed by atoms with Gasteiger partial charge in [0, 0.05) is 12.6 Å². The number of aryl methyl sites for hydroxylation is 3. The van der Waals surface area contributed by atoms with Crippen molar-refractivity contribution in [2.75, 3.05) is 0 Å². The molecule has 1 atom stereocenters. The van der Waals surface area contributed by atoms with Crippen LogP contribution in [0.4, 0.5) is 8.78 Å². The summed E-state index contributed by atoms with van der Waals surface area (Å²) in [5.41, 5.74) is 3.93. The van der Waals surface area contributed by atoms with Crippen molar-refractivity contribution in [2.24, 2.45) is 7.05 Å². The number of halogens is 2. The van der Waals surface area contributed by atoms with E-state index in [1.807, 2.05) is 19.1 Å². The van der Waals surface area contributed by atoms with E-state index in [0.717, 1.165) is 29.7 Å². The molecule has 1 aromatic carbocycles. The highest BCUT2D eigenvalue weighted by Gasteiger charge is 2.26. The average molecular weight is 373 g/mol. The molecular formula is C18H17F2N5O2. The lowest BCUT2D eigenvalue weighted by atomic mass is 10.0. The van der Waals surface area contributed by atoms with Gasteiger partial charge < -0.3 is 9.84 Å². The van der Waals surface area contributed by atoms with E-state index in [1.165, 1.54) is 0 Å². The van der Waals surface area contributed by atoms with E-state index in [1.54, 1.807) is 23.9 Å². The van der Waals surface area contributed by atoms with Gasteiger partial charge in [0.05, 0.1) is 11.7 Å². The highest BCUT2D eigenvalue weighted by atomic mass is 19.3. The van der Waals surface area contributed by atoms with Crippen LogP contribution in [0.1, 0.15) is 52.1 Å². The number of hydrogen-bond acceptors (Lipinski definition) is 5. The Morgan fingerprint density at radius 3 is 2.85 bits per heavy atom. The van der Waals surface area contributed by atoms with Gasteiger partial charge in [0.1, 0.15) is 5.69 Å². The molecule has 0 aliphatic heterocycles. The largest absolute Gasteiger partial charge is 0.344 e. The van der Waals surface area contributed by atoms with Crippen molar-refractivity contribution < 1.29 is 18.1 Å². The SMILES string of the molecule is Cc1cc(C(=O)NC2CCc3cc(-c4noc(C(F)F)n4)ccc32)n(C)n1. The molecule has 0 saturated carbocycles. The van der Waals surface area contributed by atoms with Gasteiger partial charge in [-0.1, -0.05) is 17.3 Å². The summed E-state index contributed by atoms with van der Waals surface area (Å²) < 4.78 is 31.3. The molecule has 7 nitrogen and oxygen atoms in total. The number of benzene rings is 1. The standard InChI is InChI=1S/C18H17F2N5O2/c1-9-7-14(25(2)23-9)17(26)21-13-6-4-10-8-11(3-5-12(10)13)16-22-18(15(19)20)27-24-16/h3,5,7-8,13,15H,4,6H2,1-2H3,(H,21,26). The first-order valence-electron chi connectivity index (χ1n) is 8.49. The predicted octanol–water partition coefficient (Wildman–Crippen LogP) is 3.13. The van der Waals surface area contributed by atoms with Crippen LogP contribution in [0, 0.1) is 6.92 Å². The summed E-state index contributed by atoms with van der Waals surface area (Å²) in [7, 11) is 1.73. The van der Waals surface area contributed by atoms with Crippen molar-refractivity contribution in [3.05, 3.63) is 52.7 Å². The van der Waals surface area contributed by atoms with Gasteiger partial charge in [-0.3, -0.25) is 9.48 Å². The summed E-state index contributed by atoms with van der Waals surface area (Å²) >= 11 is 0. The number of fused-ring (bicyclic) bond motifs is 1. The molecule has 2 aromatic heterocycles. The number of amides is 1. The molecule has 0 bridgehead atoms. The van der Waals surface area contributed by atoms with Crippen LogP contribution in [0.3, 0.4) is 0 Å². The maximum absolute atomic E-state index is 12.6. The second-order valence-corrected chi connectivity index (χ2v) is 6.53. The first-order valence-corrected chi connectivity index (χ1v) is 8.49. The quantitative estimate of drug-likeness (QED) is 0.759. The Labute approximate surface area is 153 Å². The highest BCUT2D eigenvalue weighted by Crippen LogP contribution is 2.34. The first-order chi connectivity index (χ1) is 12.9. The molecule has 0 spiro atoms. The summed E-state index contributed by atoms with van der Waals surface area (Å²) in [5.74, 6) is -0.743. The maximum atomic E-state index is 12.6. The number of nitrogens with one attached hydrogen (secondary N) is 1. The Morgan fingerprint density at radius 2 is 2.19 bits per heavy atom. The Balaban J connectivity index is 1.54. The van der Waals surface area contributed by atoms with Crippen LogP contribution in [0.15, 0.2) is 28.8 Å². The van der Waals surface area contributed by atoms with Crippen molar-refractivity contribution in [2.45, 2.75) is 32.2 Å². The molecule has 1 unspecified atom stereocenters. The lowest BCUT2D eigenvalue weighted by Gasteiger charge is -2.14. The van der Waals surface area contributed by atoms with E-state index in [-0.39, 0.29) is 17.8 Å². The summed E-state index contributed by atoms with van der Waals surface area (Å²) in [6, 6.07) is 7.10. The third-order valence-electron chi connectivity index (χ3n) is 4.65. The smallest absolute Gasteiger partial charge is 0.315 e. The fourth-order valence-corrected chi connectivity index (χ4v) is 3.40. The van der Waals surface area contributed by atoms with Gasteiger partial charge in [0.15, 0.2) is 0 Å². The number of rotatable bonds is 4. The van der Waals surface area contributed by atoms with Crippen LogP contribution >= 0.6 is 0 Å². The molecule has 3 aromatic rings. The van der Waals surface area contributed by atoms with Crippen molar-refractivity contribution in [3.8, 4) is 11.4 Å².